The van der Waals surface area contributed by atoms with Crippen molar-refractivity contribution in [1.29, 1.82) is 0 Å². The van der Waals surface area contributed by atoms with Gasteiger partial charge in [-0.15, -0.1) is 0 Å². The van der Waals surface area contributed by atoms with Crippen LogP contribution in [0.3, 0.4) is 0 Å². The van der Waals surface area contributed by atoms with Gasteiger partial charge in [-0.3, -0.25) is 9.59 Å². The zero-order chi connectivity index (χ0) is 11.9. The van der Waals surface area contributed by atoms with Crippen LogP contribution in [0.15, 0.2) is 17.1 Å². The summed E-state index contributed by atoms with van der Waals surface area (Å²) in [7, 11) is 1.77. The molecular weight excluding hydrogens is 204 g/mol. The average Bonchev–Trinajstić information content (AvgIpc) is 2.26. The third kappa shape index (κ3) is 1.43. The number of pyridine rings is 2. The smallest absolute Gasteiger partial charge is 0.201 e. The fourth-order valence-corrected chi connectivity index (χ4v) is 1.70. The normalized spacial score (nSPS) is 10.7. The SMILES string of the molecule is Cc1cc2c(=O)c(C=O)cn(C)c2nc1C. The van der Waals surface area contributed by atoms with E-state index in [4.69, 9.17) is 0 Å². The monoisotopic (exact) mass is 216 g/mol. The molecule has 2 aromatic heterocycles. The van der Waals surface area contributed by atoms with Crippen molar-refractivity contribution >= 4 is 17.3 Å². The number of rotatable bonds is 1. The molecule has 0 saturated heterocycles. The van der Waals surface area contributed by atoms with Crippen molar-refractivity contribution < 1.29 is 4.79 Å². The molecule has 0 bridgehead atoms. The molecule has 0 spiro atoms. The van der Waals surface area contributed by atoms with E-state index in [0.717, 1.165) is 11.3 Å². The lowest BCUT2D eigenvalue weighted by Gasteiger charge is -2.07. The summed E-state index contributed by atoms with van der Waals surface area (Å²) >= 11 is 0. The Morgan fingerprint density at radius 1 is 1.38 bits per heavy atom. The average molecular weight is 216 g/mol. The lowest BCUT2D eigenvalue weighted by atomic mass is 10.1. The van der Waals surface area contributed by atoms with Crippen LogP contribution in [0.1, 0.15) is 21.6 Å². The largest absolute Gasteiger partial charge is 0.335 e. The molecule has 0 amide bonds. The van der Waals surface area contributed by atoms with Gasteiger partial charge in [-0.2, -0.15) is 0 Å². The van der Waals surface area contributed by atoms with E-state index < -0.39 is 0 Å². The summed E-state index contributed by atoms with van der Waals surface area (Å²) in [4.78, 5) is 27.0. The van der Waals surface area contributed by atoms with Gasteiger partial charge in [-0.05, 0) is 25.5 Å². The van der Waals surface area contributed by atoms with Crippen LogP contribution >= 0.6 is 0 Å². The summed E-state index contributed by atoms with van der Waals surface area (Å²) in [5.74, 6) is 0. The van der Waals surface area contributed by atoms with Crippen LogP contribution in [0.25, 0.3) is 11.0 Å². The fraction of sp³-hybridized carbons (Fsp3) is 0.250. The molecule has 0 atom stereocenters. The van der Waals surface area contributed by atoms with Gasteiger partial charge in [0.2, 0.25) is 5.43 Å². The Bertz CT molecular complexity index is 641. The molecule has 0 aliphatic heterocycles. The van der Waals surface area contributed by atoms with Crippen LogP contribution in [-0.4, -0.2) is 15.8 Å². The summed E-state index contributed by atoms with van der Waals surface area (Å²) in [5.41, 5.74) is 2.37. The molecule has 0 radical (unpaired) electrons. The first-order chi connectivity index (χ1) is 7.54. The number of carbonyl (C=O) groups is 1. The molecular formula is C12H12N2O2. The molecule has 0 aliphatic carbocycles. The maximum atomic E-state index is 11.9. The van der Waals surface area contributed by atoms with Crippen molar-refractivity contribution in [3.05, 3.63) is 39.3 Å². The number of nitrogens with zero attached hydrogens (tertiary/aromatic N) is 2. The Morgan fingerprint density at radius 2 is 2.06 bits per heavy atom. The van der Waals surface area contributed by atoms with Gasteiger partial charge in [0.1, 0.15) is 5.65 Å². The van der Waals surface area contributed by atoms with Gasteiger partial charge in [-0.1, -0.05) is 0 Å². The Kier molecular flexibility index (Phi) is 2.34. The number of fused-ring (bicyclic) bond motifs is 1. The third-order valence-electron chi connectivity index (χ3n) is 2.75. The molecule has 16 heavy (non-hydrogen) atoms. The molecule has 0 unspecified atom stereocenters. The second-order valence-electron chi connectivity index (χ2n) is 3.90. The van der Waals surface area contributed by atoms with Crippen molar-refractivity contribution in [2.75, 3.05) is 0 Å². The standard InChI is InChI=1S/C12H12N2O2/c1-7-4-10-11(16)9(6-15)5-14(3)12(10)13-8(7)2/h4-6H,1-3H3. The van der Waals surface area contributed by atoms with E-state index in [2.05, 4.69) is 4.98 Å². The number of aromatic nitrogens is 2. The maximum Gasteiger partial charge on any atom is 0.201 e. The lowest BCUT2D eigenvalue weighted by Crippen LogP contribution is -2.14. The Hall–Kier alpha value is -1.97. The zero-order valence-electron chi connectivity index (χ0n) is 9.44. The Balaban J connectivity index is 3.02. The van der Waals surface area contributed by atoms with Crippen LogP contribution in [0.2, 0.25) is 0 Å². The molecule has 82 valence electrons. The molecule has 0 aromatic carbocycles. The molecule has 4 heteroatoms. The summed E-state index contributed by atoms with van der Waals surface area (Å²) in [5, 5.41) is 0.496. The van der Waals surface area contributed by atoms with E-state index >= 15 is 0 Å². The highest BCUT2D eigenvalue weighted by molar-refractivity contribution is 5.84. The summed E-state index contributed by atoms with van der Waals surface area (Å²) in [6, 6.07) is 1.78. The van der Waals surface area contributed by atoms with Crippen molar-refractivity contribution in [2.45, 2.75) is 13.8 Å². The first-order valence-corrected chi connectivity index (χ1v) is 4.97. The van der Waals surface area contributed by atoms with Crippen LogP contribution < -0.4 is 5.43 Å². The number of carbonyl (C=O) groups excluding carboxylic acids is 1. The van der Waals surface area contributed by atoms with E-state index in [1.54, 1.807) is 17.7 Å². The van der Waals surface area contributed by atoms with Crippen LogP contribution in [0, 0.1) is 13.8 Å². The second-order valence-corrected chi connectivity index (χ2v) is 3.90. The van der Waals surface area contributed by atoms with Gasteiger partial charge in [0.25, 0.3) is 0 Å². The molecule has 0 saturated carbocycles. The highest BCUT2D eigenvalue weighted by Gasteiger charge is 2.09. The highest BCUT2D eigenvalue weighted by atomic mass is 16.1. The van der Waals surface area contributed by atoms with E-state index in [1.165, 1.54) is 6.20 Å². The fourth-order valence-electron chi connectivity index (χ4n) is 1.70. The van der Waals surface area contributed by atoms with Crippen molar-refractivity contribution in [1.82, 2.24) is 9.55 Å². The predicted molar refractivity (Wildman–Crippen MR) is 61.8 cm³/mol. The number of aryl methyl sites for hydroxylation is 3. The number of hydrogen-bond acceptors (Lipinski definition) is 3. The summed E-state index contributed by atoms with van der Waals surface area (Å²) < 4.78 is 1.70. The Morgan fingerprint density at radius 3 is 2.69 bits per heavy atom. The topological polar surface area (TPSA) is 52.0 Å². The van der Waals surface area contributed by atoms with E-state index in [1.807, 2.05) is 13.8 Å². The number of hydrogen-bond donors (Lipinski definition) is 0. The summed E-state index contributed by atoms with van der Waals surface area (Å²) in [6.07, 6.45) is 2.09. The third-order valence-corrected chi connectivity index (χ3v) is 2.75. The Labute approximate surface area is 92.5 Å². The molecule has 4 nitrogen and oxygen atoms in total. The van der Waals surface area contributed by atoms with Gasteiger partial charge in [0.15, 0.2) is 6.29 Å². The van der Waals surface area contributed by atoms with Crippen LogP contribution in [-0.2, 0) is 7.05 Å². The molecule has 0 N–H and O–H groups in total. The van der Waals surface area contributed by atoms with Crippen molar-refractivity contribution in [3.63, 3.8) is 0 Å². The molecule has 2 aromatic rings. The van der Waals surface area contributed by atoms with Gasteiger partial charge in [0.05, 0.1) is 10.9 Å². The van der Waals surface area contributed by atoms with Gasteiger partial charge in [-0.25, -0.2) is 4.98 Å². The predicted octanol–water partition coefficient (Wildman–Crippen LogP) is 1.36. The quantitative estimate of drug-likeness (QED) is 0.676. The first kappa shape index (κ1) is 10.5. The maximum absolute atomic E-state index is 11.9. The van der Waals surface area contributed by atoms with Gasteiger partial charge in [0, 0.05) is 18.9 Å². The van der Waals surface area contributed by atoms with E-state index in [-0.39, 0.29) is 11.0 Å². The first-order valence-electron chi connectivity index (χ1n) is 4.97. The van der Waals surface area contributed by atoms with Crippen molar-refractivity contribution in [3.8, 4) is 0 Å². The van der Waals surface area contributed by atoms with E-state index in [9.17, 15) is 9.59 Å². The van der Waals surface area contributed by atoms with Gasteiger partial charge < -0.3 is 4.57 Å². The molecule has 2 rings (SSSR count). The molecule has 2 heterocycles. The van der Waals surface area contributed by atoms with Crippen LogP contribution in [0.5, 0.6) is 0 Å². The minimum atomic E-state index is -0.251. The minimum Gasteiger partial charge on any atom is -0.335 e. The van der Waals surface area contributed by atoms with E-state index in [0.29, 0.717) is 17.3 Å². The highest BCUT2D eigenvalue weighted by Crippen LogP contribution is 2.12. The van der Waals surface area contributed by atoms with Gasteiger partial charge >= 0.3 is 0 Å². The van der Waals surface area contributed by atoms with Crippen LogP contribution in [0.4, 0.5) is 0 Å². The minimum absolute atomic E-state index is 0.167. The zero-order valence-corrected chi connectivity index (χ0v) is 9.44. The molecule has 0 fully saturated rings. The van der Waals surface area contributed by atoms with Crippen molar-refractivity contribution in [2.24, 2.45) is 7.05 Å². The summed E-state index contributed by atoms with van der Waals surface area (Å²) in [6.45, 7) is 3.79. The second kappa shape index (κ2) is 3.56. The lowest BCUT2D eigenvalue weighted by molar-refractivity contribution is 0.112. The number of aldehydes is 1. The molecule has 0 aliphatic rings.